The lowest BCUT2D eigenvalue weighted by Gasteiger charge is -2.09. The van der Waals surface area contributed by atoms with Crippen LogP contribution in [-0.2, 0) is 0 Å². The molecule has 1 amide bonds. The van der Waals surface area contributed by atoms with E-state index in [4.69, 9.17) is 27.6 Å². The minimum absolute atomic E-state index is 0.339. The average Bonchev–Trinajstić information content (AvgIpc) is 3.13. The third-order valence-corrected chi connectivity index (χ3v) is 5.32. The van der Waals surface area contributed by atoms with E-state index in [-0.39, 0.29) is 5.91 Å². The second-order valence-electron chi connectivity index (χ2n) is 7.03. The molecule has 0 saturated heterocycles. The topological polar surface area (TPSA) is 55.1 Å². The van der Waals surface area contributed by atoms with Crippen molar-refractivity contribution in [2.75, 3.05) is 5.32 Å². The van der Waals surface area contributed by atoms with E-state index in [0.29, 0.717) is 44.3 Å². The van der Waals surface area contributed by atoms with Gasteiger partial charge in [-0.2, -0.15) is 0 Å². The van der Waals surface area contributed by atoms with Gasteiger partial charge in [0.2, 0.25) is 5.89 Å². The first-order chi connectivity index (χ1) is 13.9. The van der Waals surface area contributed by atoms with E-state index in [9.17, 15) is 4.79 Å². The summed E-state index contributed by atoms with van der Waals surface area (Å²) < 4.78 is 5.90. The highest BCUT2D eigenvalue weighted by atomic mass is 35.5. The number of aromatic nitrogens is 1. The molecule has 0 unspecified atom stereocenters. The van der Waals surface area contributed by atoms with Crippen LogP contribution in [0.25, 0.3) is 22.6 Å². The van der Waals surface area contributed by atoms with Crippen molar-refractivity contribution in [2.24, 2.45) is 0 Å². The van der Waals surface area contributed by atoms with Gasteiger partial charge in [0, 0.05) is 5.56 Å². The van der Waals surface area contributed by atoms with E-state index >= 15 is 0 Å². The molecule has 0 fully saturated rings. The summed E-state index contributed by atoms with van der Waals surface area (Å²) in [6.07, 6.45) is 0. The Hall–Kier alpha value is -2.82. The molecule has 1 heterocycles. The Morgan fingerprint density at radius 1 is 1.00 bits per heavy atom. The van der Waals surface area contributed by atoms with Crippen molar-refractivity contribution in [1.29, 1.82) is 0 Å². The van der Waals surface area contributed by atoms with Crippen LogP contribution in [0.3, 0.4) is 0 Å². The lowest BCUT2D eigenvalue weighted by atomic mass is 10.0. The Balaban J connectivity index is 1.67. The fourth-order valence-electron chi connectivity index (χ4n) is 3.02. The molecule has 1 aromatic heterocycles. The summed E-state index contributed by atoms with van der Waals surface area (Å²) in [4.78, 5) is 17.2. The average molecular weight is 425 g/mol. The van der Waals surface area contributed by atoms with E-state index in [1.807, 2.05) is 24.3 Å². The fourth-order valence-corrected chi connectivity index (χ4v) is 3.40. The van der Waals surface area contributed by atoms with Gasteiger partial charge in [0.05, 0.1) is 21.3 Å². The van der Waals surface area contributed by atoms with Crippen LogP contribution in [0.5, 0.6) is 0 Å². The highest BCUT2D eigenvalue weighted by Crippen LogP contribution is 2.32. The van der Waals surface area contributed by atoms with Crippen LogP contribution in [-0.4, -0.2) is 10.9 Å². The number of hydrogen-bond acceptors (Lipinski definition) is 3. The Bertz CT molecular complexity index is 1210. The molecular weight excluding hydrogens is 407 g/mol. The van der Waals surface area contributed by atoms with Crippen LogP contribution < -0.4 is 5.32 Å². The van der Waals surface area contributed by atoms with E-state index in [2.05, 4.69) is 24.1 Å². The maximum Gasteiger partial charge on any atom is 0.257 e. The normalized spacial score (nSPS) is 11.2. The van der Waals surface area contributed by atoms with Gasteiger partial charge in [0.25, 0.3) is 5.91 Å². The predicted molar refractivity (Wildman–Crippen MR) is 118 cm³/mol. The van der Waals surface area contributed by atoms with Crippen LogP contribution >= 0.6 is 23.2 Å². The monoisotopic (exact) mass is 424 g/mol. The van der Waals surface area contributed by atoms with Crippen molar-refractivity contribution >= 4 is 45.9 Å². The summed E-state index contributed by atoms with van der Waals surface area (Å²) in [5.41, 5.74) is 4.24. The standard InChI is InChI=1S/C23H18Cl2N2O2/c1-13(2)14-8-10-21-20(11-14)27-23(29-21)15-7-9-18(25)19(12-15)26-22(28)16-5-3-4-6-17(16)24/h3-13H,1-2H3,(H,26,28). The van der Waals surface area contributed by atoms with Crippen molar-refractivity contribution in [3.05, 3.63) is 81.8 Å². The van der Waals surface area contributed by atoms with Gasteiger partial charge in [-0.1, -0.05) is 55.2 Å². The molecule has 1 N–H and O–H groups in total. The zero-order valence-corrected chi connectivity index (χ0v) is 17.4. The molecule has 0 bridgehead atoms. The number of anilines is 1. The maximum atomic E-state index is 12.6. The molecule has 29 heavy (non-hydrogen) atoms. The fraction of sp³-hybridized carbons (Fsp3) is 0.130. The number of oxazole rings is 1. The summed E-state index contributed by atoms with van der Waals surface area (Å²) in [5.74, 6) is 0.529. The highest BCUT2D eigenvalue weighted by Gasteiger charge is 2.15. The lowest BCUT2D eigenvalue weighted by Crippen LogP contribution is -2.12. The van der Waals surface area contributed by atoms with Crippen LogP contribution in [0, 0.1) is 0 Å². The molecule has 4 rings (SSSR count). The second kappa shape index (κ2) is 7.90. The molecule has 146 valence electrons. The molecule has 4 aromatic rings. The zero-order valence-electron chi connectivity index (χ0n) is 15.9. The number of benzene rings is 3. The molecular formula is C23H18Cl2N2O2. The van der Waals surface area contributed by atoms with E-state index < -0.39 is 0 Å². The Morgan fingerprint density at radius 3 is 2.55 bits per heavy atom. The van der Waals surface area contributed by atoms with Gasteiger partial charge in [-0.25, -0.2) is 4.98 Å². The first kappa shape index (κ1) is 19.5. The van der Waals surface area contributed by atoms with E-state index in [0.717, 1.165) is 5.52 Å². The van der Waals surface area contributed by atoms with Crippen molar-refractivity contribution < 1.29 is 9.21 Å². The SMILES string of the molecule is CC(C)c1ccc2oc(-c3ccc(Cl)c(NC(=O)c4ccccc4Cl)c3)nc2c1. The molecule has 0 atom stereocenters. The molecule has 6 heteroatoms. The van der Waals surface area contributed by atoms with Crippen molar-refractivity contribution in [3.63, 3.8) is 0 Å². The maximum absolute atomic E-state index is 12.6. The van der Waals surface area contributed by atoms with Gasteiger partial charge in [0.1, 0.15) is 5.52 Å². The number of halogens is 2. The summed E-state index contributed by atoms with van der Waals surface area (Å²) in [7, 11) is 0. The second-order valence-corrected chi connectivity index (χ2v) is 7.84. The number of nitrogens with one attached hydrogen (secondary N) is 1. The summed E-state index contributed by atoms with van der Waals surface area (Å²) in [6.45, 7) is 4.27. The predicted octanol–water partition coefficient (Wildman–Crippen LogP) is 7.18. The number of fused-ring (bicyclic) bond motifs is 1. The number of rotatable bonds is 4. The number of carbonyl (C=O) groups is 1. The van der Waals surface area contributed by atoms with Gasteiger partial charge < -0.3 is 9.73 Å². The molecule has 0 radical (unpaired) electrons. The Morgan fingerprint density at radius 2 is 1.79 bits per heavy atom. The molecule has 0 aliphatic rings. The highest BCUT2D eigenvalue weighted by molar-refractivity contribution is 6.36. The van der Waals surface area contributed by atoms with Gasteiger partial charge in [-0.3, -0.25) is 4.79 Å². The first-order valence-electron chi connectivity index (χ1n) is 9.18. The summed E-state index contributed by atoms with van der Waals surface area (Å²) in [5, 5.41) is 3.59. The molecule has 0 aliphatic carbocycles. The van der Waals surface area contributed by atoms with E-state index in [1.54, 1.807) is 36.4 Å². The minimum Gasteiger partial charge on any atom is -0.436 e. The van der Waals surface area contributed by atoms with Crippen molar-refractivity contribution in [2.45, 2.75) is 19.8 Å². The third kappa shape index (κ3) is 4.00. The molecule has 0 saturated carbocycles. The first-order valence-corrected chi connectivity index (χ1v) is 9.94. The molecule has 0 aliphatic heterocycles. The van der Waals surface area contributed by atoms with E-state index in [1.165, 1.54) is 5.56 Å². The number of hydrogen-bond donors (Lipinski definition) is 1. The zero-order chi connectivity index (χ0) is 20.5. The van der Waals surface area contributed by atoms with Gasteiger partial charge >= 0.3 is 0 Å². The smallest absolute Gasteiger partial charge is 0.257 e. The lowest BCUT2D eigenvalue weighted by molar-refractivity contribution is 0.102. The minimum atomic E-state index is -0.339. The Labute approximate surface area is 178 Å². The largest absolute Gasteiger partial charge is 0.436 e. The van der Waals surface area contributed by atoms with Crippen LogP contribution in [0.2, 0.25) is 10.0 Å². The molecule has 4 nitrogen and oxygen atoms in total. The van der Waals surface area contributed by atoms with Gasteiger partial charge in [-0.15, -0.1) is 0 Å². The van der Waals surface area contributed by atoms with Crippen molar-refractivity contribution in [3.8, 4) is 11.5 Å². The third-order valence-electron chi connectivity index (χ3n) is 4.66. The van der Waals surface area contributed by atoms with Crippen LogP contribution in [0.15, 0.2) is 65.1 Å². The number of carbonyl (C=O) groups excluding carboxylic acids is 1. The summed E-state index contributed by atoms with van der Waals surface area (Å²) >= 11 is 12.4. The molecule has 3 aromatic carbocycles. The van der Waals surface area contributed by atoms with Crippen molar-refractivity contribution in [1.82, 2.24) is 4.98 Å². The van der Waals surface area contributed by atoms with Gasteiger partial charge in [0.15, 0.2) is 5.58 Å². The number of nitrogens with zero attached hydrogens (tertiary/aromatic N) is 1. The van der Waals surface area contributed by atoms with Crippen LogP contribution in [0.4, 0.5) is 5.69 Å². The van der Waals surface area contributed by atoms with Gasteiger partial charge in [-0.05, 0) is 53.9 Å². The summed E-state index contributed by atoms with van der Waals surface area (Å²) in [6, 6.07) is 18.1. The quantitative estimate of drug-likeness (QED) is 0.377. The Kier molecular flexibility index (Phi) is 5.31. The number of amides is 1. The molecule has 0 spiro atoms. The van der Waals surface area contributed by atoms with Crippen LogP contribution in [0.1, 0.15) is 35.7 Å².